The first-order valence-corrected chi connectivity index (χ1v) is 6.69. The van der Waals surface area contributed by atoms with Gasteiger partial charge < -0.3 is 14.3 Å². The molecule has 1 rings (SSSR count). The molecule has 0 bridgehead atoms. The zero-order valence-corrected chi connectivity index (χ0v) is 12.5. The monoisotopic (exact) mass is 270 g/mol. The molecule has 0 spiro atoms. The molecular formula is C10H14O5Si2. The highest BCUT2D eigenvalue weighted by Gasteiger charge is 2.01. The van der Waals surface area contributed by atoms with E-state index in [1.807, 2.05) is 18.2 Å². The Hall–Kier alpha value is -1.74. The summed E-state index contributed by atoms with van der Waals surface area (Å²) in [4.78, 5) is 18.9. The van der Waals surface area contributed by atoms with Gasteiger partial charge in [-0.15, -0.1) is 0 Å². The van der Waals surface area contributed by atoms with Crippen molar-refractivity contribution in [3.05, 3.63) is 35.9 Å². The van der Waals surface area contributed by atoms with Crippen molar-refractivity contribution in [2.75, 3.05) is 0 Å². The van der Waals surface area contributed by atoms with Crippen LogP contribution in [-0.4, -0.2) is 47.7 Å². The van der Waals surface area contributed by atoms with Crippen LogP contribution >= 0.6 is 0 Å². The molecule has 2 N–H and O–H groups in total. The van der Waals surface area contributed by atoms with Gasteiger partial charge in [-0.1, -0.05) is 30.3 Å². The summed E-state index contributed by atoms with van der Waals surface area (Å²) in [6.07, 6.45) is -0.806. The smallest absolute Gasteiger partial charge is 0.314 e. The maximum atomic E-state index is 9.43. The van der Waals surface area contributed by atoms with Gasteiger partial charge in [0.25, 0.3) is 0 Å². The van der Waals surface area contributed by atoms with Crippen molar-refractivity contribution < 1.29 is 23.9 Å². The van der Waals surface area contributed by atoms with Crippen molar-refractivity contribution >= 4 is 37.5 Å². The van der Waals surface area contributed by atoms with E-state index in [-0.39, 0.29) is 9.38 Å². The zero-order valence-electron chi connectivity index (χ0n) is 9.37. The molecule has 0 amide bonds. The second kappa shape index (κ2) is 9.49. The van der Waals surface area contributed by atoms with Crippen molar-refractivity contribution in [2.45, 2.75) is 6.42 Å². The van der Waals surface area contributed by atoms with Crippen LogP contribution in [0.3, 0.4) is 0 Å². The Morgan fingerprint density at radius 2 is 1.76 bits per heavy atom. The largest absolute Gasteiger partial charge is 0.614 e. The lowest BCUT2D eigenvalue weighted by molar-refractivity contribution is -0.147. The molecule has 0 fully saturated rings. The molecule has 0 aromatic heterocycles. The number of carbonyl (C=O) groups is 2. The average molecular weight is 270 g/mol. The van der Waals surface area contributed by atoms with Crippen LogP contribution in [0.5, 0.6) is 0 Å². The highest BCUT2D eigenvalue weighted by molar-refractivity contribution is 6.48. The predicted octanol–water partition coefficient (Wildman–Crippen LogP) is -0.969. The average Bonchev–Trinajstić information content (AvgIpc) is 2.27. The molecule has 1 aromatic carbocycles. The Balaban J connectivity index is 0.000000325. The lowest BCUT2D eigenvalue weighted by atomic mass is 10.2. The molecule has 0 saturated heterocycles. The molecule has 0 aliphatic carbocycles. The van der Waals surface area contributed by atoms with Crippen LogP contribution in [0.25, 0.3) is 0 Å². The van der Waals surface area contributed by atoms with Crippen molar-refractivity contribution in [3.8, 4) is 0 Å². The third-order valence-electron chi connectivity index (χ3n) is 1.50. The van der Waals surface area contributed by atoms with Gasteiger partial charge in [0.2, 0.25) is 0 Å². The molecule has 7 heteroatoms. The molecule has 0 radical (unpaired) electrons. The maximum Gasteiger partial charge on any atom is 0.314 e. The van der Waals surface area contributed by atoms with Gasteiger partial charge in [0.1, 0.15) is 6.42 Å². The molecular weight excluding hydrogens is 256 g/mol. The number of carboxylic acids is 2. The van der Waals surface area contributed by atoms with E-state index in [1.165, 1.54) is 5.56 Å². The van der Waals surface area contributed by atoms with Crippen molar-refractivity contribution in [3.63, 3.8) is 0 Å². The fourth-order valence-electron chi connectivity index (χ4n) is 0.840. The SMILES string of the molecule is O=C(O)CC(=O)O.[SiH3]O[SiH]=Cc1ccccc1. The van der Waals surface area contributed by atoms with E-state index in [1.54, 1.807) is 0 Å². The van der Waals surface area contributed by atoms with E-state index in [0.29, 0.717) is 0 Å². The number of carboxylic acid groups (broad SMARTS) is 2. The second-order valence-electron chi connectivity index (χ2n) is 2.91. The molecule has 17 heavy (non-hydrogen) atoms. The maximum absolute atomic E-state index is 9.43. The summed E-state index contributed by atoms with van der Waals surface area (Å²) >= 11 is 0. The van der Waals surface area contributed by atoms with Crippen molar-refractivity contribution in [2.24, 2.45) is 0 Å². The molecule has 0 saturated carbocycles. The number of rotatable bonds is 4. The Bertz CT molecular complexity index is 366. The van der Waals surface area contributed by atoms with Gasteiger partial charge in [-0.3, -0.25) is 9.59 Å². The second-order valence-corrected chi connectivity index (χ2v) is 5.40. The van der Waals surface area contributed by atoms with E-state index in [4.69, 9.17) is 14.3 Å². The molecule has 92 valence electrons. The summed E-state index contributed by atoms with van der Waals surface area (Å²) in [6, 6.07) is 10.3. The molecule has 5 nitrogen and oxygen atoms in total. The predicted molar refractivity (Wildman–Crippen MR) is 69.7 cm³/mol. The first-order chi connectivity index (χ1) is 8.06. The molecule has 0 atom stereocenters. The summed E-state index contributed by atoms with van der Waals surface area (Å²) in [7, 11) is 0.950. The van der Waals surface area contributed by atoms with E-state index in [9.17, 15) is 9.59 Å². The summed E-state index contributed by atoms with van der Waals surface area (Å²) < 4.78 is 5.11. The number of benzene rings is 1. The van der Waals surface area contributed by atoms with Crippen LogP contribution in [0, 0.1) is 0 Å². The third kappa shape index (κ3) is 10.5. The topological polar surface area (TPSA) is 83.8 Å². The van der Waals surface area contributed by atoms with Crippen LogP contribution in [0.15, 0.2) is 30.3 Å². The standard InChI is InChI=1S/C7H10OSi2.C3H4O4/c9-8-10-6-7-4-2-1-3-5-7;4-2(5)1-3(6)7/h1-6,10H,9H3;1H2,(H,4,5)(H,6,7). The van der Waals surface area contributed by atoms with E-state index < -0.39 is 18.4 Å². The van der Waals surface area contributed by atoms with Gasteiger partial charge in [0, 0.05) is 0 Å². The lowest BCUT2D eigenvalue weighted by Gasteiger charge is -1.89. The Morgan fingerprint density at radius 3 is 2.12 bits per heavy atom. The third-order valence-corrected chi connectivity index (χ3v) is 3.11. The lowest BCUT2D eigenvalue weighted by Crippen LogP contribution is -2.03. The van der Waals surface area contributed by atoms with Gasteiger partial charge in [0.15, 0.2) is 19.9 Å². The van der Waals surface area contributed by atoms with Crippen molar-refractivity contribution in [1.82, 2.24) is 0 Å². The summed E-state index contributed by atoms with van der Waals surface area (Å²) in [6.45, 7) is 0. The van der Waals surface area contributed by atoms with Gasteiger partial charge >= 0.3 is 11.9 Å². The fourth-order valence-corrected chi connectivity index (χ4v) is 1.76. The molecule has 1 aromatic rings. The Labute approximate surface area is 104 Å². The van der Waals surface area contributed by atoms with Crippen LogP contribution in [0.2, 0.25) is 0 Å². The zero-order chi connectivity index (χ0) is 13.1. The summed E-state index contributed by atoms with van der Waals surface area (Å²) in [5.74, 6) is -2.62. The summed E-state index contributed by atoms with van der Waals surface area (Å²) in [5.41, 5.74) is 3.43. The molecule has 0 unspecified atom stereocenters. The first-order valence-electron chi connectivity index (χ1n) is 4.74. The minimum Gasteiger partial charge on any atom is -0.614 e. The highest BCUT2D eigenvalue weighted by Crippen LogP contribution is 1.91. The fraction of sp³-hybridized carbons (Fsp3) is 0.100. The van der Waals surface area contributed by atoms with Gasteiger partial charge in [-0.25, -0.2) is 0 Å². The van der Waals surface area contributed by atoms with E-state index in [2.05, 4.69) is 17.8 Å². The van der Waals surface area contributed by atoms with Gasteiger partial charge in [-0.05, 0) is 11.2 Å². The Morgan fingerprint density at radius 1 is 1.24 bits per heavy atom. The minimum atomic E-state index is -1.31. The van der Waals surface area contributed by atoms with E-state index in [0.717, 1.165) is 10.5 Å². The van der Waals surface area contributed by atoms with Crippen LogP contribution in [0.1, 0.15) is 12.0 Å². The van der Waals surface area contributed by atoms with Gasteiger partial charge in [0.05, 0.1) is 0 Å². The van der Waals surface area contributed by atoms with E-state index >= 15 is 0 Å². The normalized spacial score (nSPS) is 9.41. The number of hydrogen-bond donors (Lipinski definition) is 2. The van der Waals surface area contributed by atoms with Crippen molar-refractivity contribution in [1.29, 1.82) is 0 Å². The first kappa shape index (κ1) is 15.3. The Kier molecular flexibility index (Phi) is 8.52. The minimum absolute atomic E-state index is 0.0946. The highest BCUT2D eigenvalue weighted by atomic mass is 28.3. The van der Waals surface area contributed by atoms with Crippen LogP contribution in [-0.2, 0) is 13.7 Å². The van der Waals surface area contributed by atoms with Crippen LogP contribution < -0.4 is 0 Å². The summed E-state index contributed by atoms with van der Waals surface area (Å²) in [5, 5.41) is 15.4. The molecule has 0 aliphatic rings. The number of hydrogen-bond acceptors (Lipinski definition) is 3. The number of aliphatic carboxylic acids is 2. The van der Waals surface area contributed by atoms with Gasteiger partial charge in [-0.2, -0.15) is 0 Å². The quantitative estimate of drug-likeness (QED) is 0.543. The van der Waals surface area contributed by atoms with Crippen LogP contribution in [0.4, 0.5) is 0 Å². The molecule has 0 heterocycles. The molecule has 0 aliphatic heterocycles.